The molecule has 1 aliphatic rings. The minimum atomic E-state index is -0.977. The van der Waals surface area contributed by atoms with Gasteiger partial charge in [-0.1, -0.05) is 6.07 Å². The average molecular weight is 320 g/mol. The maximum absolute atomic E-state index is 11.9. The molecule has 0 aromatic heterocycles. The monoisotopic (exact) mass is 320 g/mol. The van der Waals surface area contributed by atoms with Crippen molar-refractivity contribution in [1.82, 2.24) is 0 Å². The number of ether oxygens (including phenoxy) is 1. The Kier molecular flexibility index (Phi) is 5.40. The van der Waals surface area contributed by atoms with Gasteiger partial charge < -0.3 is 26.6 Å². The number of carbonyl (C=O) groups excluding carboxylic acids is 1. The topological polar surface area (TPSA) is 140 Å². The Bertz CT molecular complexity index is 626. The Balaban J connectivity index is 1.93. The highest BCUT2D eigenvalue weighted by Gasteiger charge is 2.28. The van der Waals surface area contributed by atoms with Crippen molar-refractivity contribution in [3.05, 3.63) is 23.8 Å². The summed E-state index contributed by atoms with van der Waals surface area (Å²) in [6.45, 7) is 0.937. The van der Waals surface area contributed by atoms with Crippen molar-refractivity contribution in [2.75, 3.05) is 18.5 Å². The molecule has 0 saturated carbocycles. The number of nitrogens with zero attached hydrogens (tertiary/aromatic N) is 1. The number of aliphatic imine (C=N–C) groups is 1. The lowest BCUT2D eigenvalue weighted by Crippen LogP contribution is -2.31. The number of fused-ring (bicyclic) bond motifs is 1. The number of benzene rings is 1. The number of carboxylic acids is 1. The predicted octanol–water partition coefficient (Wildman–Crippen LogP) is 0.314. The molecule has 1 atom stereocenters. The van der Waals surface area contributed by atoms with E-state index in [4.69, 9.17) is 21.3 Å². The lowest BCUT2D eigenvalue weighted by Gasteiger charge is -2.24. The number of hydrogen-bond acceptors (Lipinski definition) is 4. The summed E-state index contributed by atoms with van der Waals surface area (Å²) >= 11 is 0. The number of rotatable bonds is 7. The minimum Gasteiger partial charge on any atom is -0.493 e. The van der Waals surface area contributed by atoms with Crippen LogP contribution in [0.2, 0.25) is 0 Å². The largest absolute Gasteiger partial charge is 0.493 e. The van der Waals surface area contributed by atoms with Crippen LogP contribution in [0.5, 0.6) is 5.75 Å². The number of anilines is 1. The third-order valence-electron chi connectivity index (χ3n) is 3.46. The first-order chi connectivity index (χ1) is 11.0. The van der Waals surface area contributed by atoms with Gasteiger partial charge >= 0.3 is 5.97 Å². The van der Waals surface area contributed by atoms with E-state index in [1.807, 2.05) is 6.07 Å². The van der Waals surface area contributed by atoms with Crippen molar-refractivity contribution >= 4 is 23.5 Å². The maximum atomic E-state index is 11.9. The fraction of sp³-hybridized carbons (Fsp3) is 0.400. The van der Waals surface area contributed by atoms with Crippen LogP contribution in [-0.4, -0.2) is 36.1 Å². The van der Waals surface area contributed by atoms with Crippen LogP contribution in [0.1, 0.15) is 18.4 Å². The molecule has 1 aromatic carbocycles. The van der Waals surface area contributed by atoms with Gasteiger partial charge in [-0.3, -0.25) is 14.6 Å². The van der Waals surface area contributed by atoms with Crippen molar-refractivity contribution in [3.63, 3.8) is 0 Å². The highest BCUT2D eigenvalue weighted by Crippen LogP contribution is 2.30. The minimum absolute atomic E-state index is 0.0532. The number of guanidine groups is 1. The molecule has 1 unspecified atom stereocenters. The highest BCUT2D eigenvalue weighted by atomic mass is 16.5. The molecule has 0 aliphatic carbocycles. The van der Waals surface area contributed by atoms with Crippen LogP contribution >= 0.6 is 0 Å². The number of carboxylic acid groups (broad SMARTS) is 1. The first kappa shape index (κ1) is 16.6. The number of nitrogens with two attached hydrogens (primary N) is 2. The first-order valence-electron chi connectivity index (χ1n) is 7.29. The molecule has 6 N–H and O–H groups in total. The van der Waals surface area contributed by atoms with Gasteiger partial charge in [0.05, 0.1) is 18.9 Å². The Morgan fingerprint density at radius 3 is 2.91 bits per heavy atom. The second-order valence-electron chi connectivity index (χ2n) is 5.32. The summed E-state index contributed by atoms with van der Waals surface area (Å²) in [6, 6.07) is 5.38. The van der Waals surface area contributed by atoms with Crippen LogP contribution < -0.4 is 21.5 Å². The van der Waals surface area contributed by atoms with E-state index in [9.17, 15) is 9.59 Å². The van der Waals surface area contributed by atoms with Crippen molar-refractivity contribution < 1.29 is 19.4 Å². The fourth-order valence-electron chi connectivity index (χ4n) is 2.37. The zero-order valence-corrected chi connectivity index (χ0v) is 12.6. The molecular weight excluding hydrogens is 300 g/mol. The third-order valence-corrected chi connectivity index (χ3v) is 3.46. The third kappa shape index (κ3) is 4.87. The van der Waals surface area contributed by atoms with E-state index in [0.717, 1.165) is 5.56 Å². The molecule has 8 heteroatoms. The van der Waals surface area contributed by atoms with E-state index < -0.39 is 11.9 Å². The molecule has 0 radical (unpaired) electrons. The van der Waals surface area contributed by atoms with Crippen LogP contribution in [0.4, 0.5) is 5.69 Å². The maximum Gasteiger partial charge on any atom is 0.304 e. The molecule has 124 valence electrons. The molecule has 1 aliphatic heterocycles. The van der Waals surface area contributed by atoms with Gasteiger partial charge in [-0.15, -0.1) is 0 Å². The second kappa shape index (κ2) is 7.48. The van der Waals surface area contributed by atoms with Crippen LogP contribution in [0.25, 0.3) is 0 Å². The molecule has 1 amide bonds. The molecule has 0 spiro atoms. The standard InChI is InChI=1S/C15H20N4O4/c16-15(17)18-4-1-5-23-11-3-2-9-6-10(7-13(20)21)14(22)19-12(9)8-11/h2-3,8,10H,1,4-7H2,(H,19,22)(H,20,21)(H4,16,17,18). The molecule has 23 heavy (non-hydrogen) atoms. The highest BCUT2D eigenvalue weighted by molar-refractivity contribution is 5.97. The average Bonchev–Trinajstić information content (AvgIpc) is 2.47. The molecule has 8 nitrogen and oxygen atoms in total. The zero-order valence-electron chi connectivity index (χ0n) is 12.6. The lowest BCUT2D eigenvalue weighted by molar-refractivity contribution is -0.140. The Labute approximate surface area is 133 Å². The van der Waals surface area contributed by atoms with Gasteiger partial charge in [0, 0.05) is 24.7 Å². The SMILES string of the molecule is NC(N)=NCCCOc1ccc2c(c1)NC(=O)C(CC(=O)O)C2. The van der Waals surface area contributed by atoms with Gasteiger partial charge in [-0.2, -0.15) is 0 Å². The normalized spacial score (nSPS) is 16.2. The Morgan fingerprint density at radius 1 is 1.43 bits per heavy atom. The van der Waals surface area contributed by atoms with Crippen LogP contribution in [0, 0.1) is 5.92 Å². The summed E-state index contributed by atoms with van der Waals surface area (Å²) in [5.74, 6) is -1.10. The molecule has 1 aromatic rings. The second-order valence-corrected chi connectivity index (χ2v) is 5.32. The van der Waals surface area contributed by atoms with E-state index in [0.29, 0.717) is 37.4 Å². The van der Waals surface area contributed by atoms with Crippen molar-refractivity contribution in [2.45, 2.75) is 19.3 Å². The van der Waals surface area contributed by atoms with E-state index in [2.05, 4.69) is 10.3 Å². The Hall–Kier alpha value is -2.77. The van der Waals surface area contributed by atoms with E-state index >= 15 is 0 Å². The number of nitrogens with one attached hydrogen (secondary N) is 1. The summed E-state index contributed by atoms with van der Waals surface area (Å²) in [7, 11) is 0. The van der Waals surface area contributed by atoms with Crippen LogP contribution in [0.3, 0.4) is 0 Å². The molecule has 0 saturated heterocycles. The number of amides is 1. The quantitative estimate of drug-likeness (QED) is 0.324. The predicted molar refractivity (Wildman–Crippen MR) is 85.3 cm³/mol. The van der Waals surface area contributed by atoms with Crippen molar-refractivity contribution in [3.8, 4) is 5.75 Å². The number of carbonyl (C=O) groups is 2. The smallest absolute Gasteiger partial charge is 0.304 e. The first-order valence-corrected chi connectivity index (χ1v) is 7.29. The number of aliphatic carboxylic acids is 1. The zero-order chi connectivity index (χ0) is 16.8. The number of hydrogen-bond donors (Lipinski definition) is 4. The van der Waals surface area contributed by atoms with Gasteiger partial charge in [0.15, 0.2) is 5.96 Å². The van der Waals surface area contributed by atoms with Crippen molar-refractivity contribution in [1.29, 1.82) is 0 Å². The van der Waals surface area contributed by atoms with Gasteiger partial charge in [-0.25, -0.2) is 0 Å². The Morgan fingerprint density at radius 2 is 2.22 bits per heavy atom. The molecule has 0 fully saturated rings. The van der Waals surface area contributed by atoms with E-state index in [1.54, 1.807) is 12.1 Å². The van der Waals surface area contributed by atoms with Gasteiger partial charge in [0.1, 0.15) is 5.75 Å². The summed E-state index contributed by atoms with van der Waals surface area (Å²) in [5, 5.41) is 11.6. The summed E-state index contributed by atoms with van der Waals surface area (Å²) < 4.78 is 5.58. The summed E-state index contributed by atoms with van der Waals surface area (Å²) in [5.41, 5.74) is 12.0. The van der Waals surface area contributed by atoms with Gasteiger partial charge in [0.2, 0.25) is 5.91 Å². The van der Waals surface area contributed by atoms with E-state index in [1.165, 1.54) is 0 Å². The summed E-state index contributed by atoms with van der Waals surface area (Å²) in [4.78, 5) is 26.5. The van der Waals surface area contributed by atoms with Crippen molar-refractivity contribution in [2.24, 2.45) is 22.4 Å². The molecule has 1 heterocycles. The molecular formula is C15H20N4O4. The fourth-order valence-corrected chi connectivity index (χ4v) is 2.37. The van der Waals surface area contributed by atoms with Gasteiger partial charge in [0.25, 0.3) is 0 Å². The van der Waals surface area contributed by atoms with Gasteiger partial charge in [-0.05, 0) is 18.1 Å². The van der Waals surface area contributed by atoms with Crippen LogP contribution in [0.15, 0.2) is 23.2 Å². The lowest BCUT2D eigenvalue weighted by atomic mass is 9.91. The van der Waals surface area contributed by atoms with Crippen LogP contribution in [-0.2, 0) is 16.0 Å². The summed E-state index contributed by atoms with van der Waals surface area (Å²) in [6.07, 6.45) is 0.911. The van der Waals surface area contributed by atoms with E-state index in [-0.39, 0.29) is 18.3 Å². The molecule has 0 bridgehead atoms. The molecule has 2 rings (SSSR count).